The molecule has 24 heavy (non-hydrogen) atoms. The quantitative estimate of drug-likeness (QED) is 0.580. The van der Waals surface area contributed by atoms with Crippen molar-refractivity contribution in [1.29, 1.82) is 0 Å². The molecule has 1 aromatic carbocycles. The van der Waals surface area contributed by atoms with Crippen LogP contribution < -0.4 is 0 Å². The summed E-state index contributed by atoms with van der Waals surface area (Å²) in [6.07, 6.45) is 11.1. The zero-order valence-corrected chi connectivity index (χ0v) is 14.2. The van der Waals surface area contributed by atoms with Crippen LogP contribution in [0.4, 0.5) is 13.2 Å². The van der Waals surface area contributed by atoms with Crippen LogP contribution in [0.5, 0.6) is 0 Å². The average Bonchev–Trinajstić information content (AvgIpc) is 2.88. The summed E-state index contributed by atoms with van der Waals surface area (Å²) in [6, 6.07) is 4.42. The Morgan fingerprint density at radius 1 is 0.792 bits per heavy atom. The Bertz CT molecular complexity index is 581. The maximum atomic E-state index is 14.9. The van der Waals surface area contributed by atoms with E-state index in [0.717, 1.165) is 37.5 Å². The van der Waals surface area contributed by atoms with E-state index in [0.29, 0.717) is 12.0 Å². The Kier molecular flexibility index (Phi) is 4.38. The lowest BCUT2D eigenvalue weighted by Crippen LogP contribution is -2.33. The van der Waals surface area contributed by atoms with Crippen LogP contribution in [0.15, 0.2) is 18.2 Å². The van der Waals surface area contributed by atoms with Crippen molar-refractivity contribution >= 4 is 0 Å². The molecule has 3 aliphatic carbocycles. The Labute approximate surface area is 142 Å². The summed E-state index contributed by atoms with van der Waals surface area (Å²) in [4.78, 5) is 0. The van der Waals surface area contributed by atoms with Gasteiger partial charge in [-0.2, -0.15) is 0 Å². The van der Waals surface area contributed by atoms with Gasteiger partial charge in [-0.25, -0.2) is 13.2 Å². The third kappa shape index (κ3) is 2.78. The number of rotatable bonds is 2. The van der Waals surface area contributed by atoms with Crippen molar-refractivity contribution in [3.63, 3.8) is 0 Å². The van der Waals surface area contributed by atoms with E-state index in [1.54, 1.807) is 12.1 Å². The fourth-order valence-electron chi connectivity index (χ4n) is 5.75. The highest BCUT2D eigenvalue weighted by Gasteiger charge is 2.53. The number of benzene rings is 1. The molecule has 0 aliphatic heterocycles. The summed E-state index contributed by atoms with van der Waals surface area (Å²) < 4.78 is 43.7. The predicted octanol–water partition coefficient (Wildman–Crippen LogP) is 6.48. The maximum Gasteiger partial charge on any atom is 0.279 e. The molecule has 0 spiro atoms. The van der Waals surface area contributed by atoms with Gasteiger partial charge in [-0.05, 0) is 61.5 Å². The second kappa shape index (κ2) is 6.38. The van der Waals surface area contributed by atoms with Gasteiger partial charge in [0, 0.05) is 5.92 Å². The smallest absolute Gasteiger partial charge is 0.206 e. The number of alkyl halides is 2. The van der Waals surface area contributed by atoms with Crippen LogP contribution in [0.3, 0.4) is 0 Å². The molecular weight excluding hydrogens is 309 g/mol. The molecule has 2 saturated carbocycles. The van der Waals surface area contributed by atoms with Gasteiger partial charge in [-0.1, -0.05) is 44.2 Å². The van der Waals surface area contributed by atoms with Gasteiger partial charge in [0.25, 0.3) is 5.92 Å². The summed E-state index contributed by atoms with van der Waals surface area (Å²) >= 11 is 0. The summed E-state index contributed by atoms with van der Waals surface area (Å²) in [5, 5.41) is 0. The van der Waals surface area contributed by atoms with Gasteiger partial charge in [0.1, 0.15) is 5.82 Å². The van der Waals surface area contributed by atoms with E-state index in [4.69, 9.17) is 0 Å². The minimum Gasteiger partial charge on any atom is -0.206 e. The number of hydrogen-bond acceptors (Lipinski definition) is 0. The topological polar surface area (TPSA) is 0 Å². The fourth-order valence-corrected chi connectivity index (χ4v) is 5.75. The van der Waals surface area contributed by atoms with Gasteiger partial charge in [-0.3, -0.25) is 0 Å². The predicted molar refractivity (Wildman–Crippen MR) is 89.5 cm³/mol. The largest absolute Gasteiger partial charge is 0.279 e. The van der Waals surface area contributed by atoms with Crippen molar-refractivity contribution in [3.8, 4) is 0 Å². The van der Waals surface area contributed by atoms with Gasteiger partial charge in [0.15, 0.2) is 0 Å². The van der Waals surface area contributed by atoms with Crippen LogP contribution in [0.25, 0.3) is 0 Å². The van der Waals surface area contributed by atoms with E-state index in [2.05, 4.69) is 0 Å². The number of fused-ring (bicyclic) bond motifs is 1. The molecule has 0 radical (unpaired) electrons. The van der Waals surface area contributed by atoms with Crippen molar-refractivity contribution in [3.05, 3.63) is 35.1 Å². The first-order chi connectivity index (χ1) is 11.6. The second-order valence-electron chi connectivity index (χ2n) is 8.28. The van der Waals surface area contributed by atoms with E-state index in [1.165, 1.54) is 38.2 Å². The molecule has 0 nitrogen and oxygen atoms in total. The molecule has 0 saturated heterocycles. The first-order valence-electron chi connectivity index (χ1n) is 9.73. The first kappa shape index (κ1) is 16.5. The second-order valence-corrected chi connectivity index (χ2v) is 8.28. The Morgan fingerprint density at radius 2 is 1.42 bits per heavy atom. The summed E-state index contributed by atoms with van der Waals surface area (Å²) in [6.45, 7) is 0. The molecule has 0 heterocycles. The summed E-state index contributed by atoms with van der Waals surface area (Å²) in [7, 11) is 0. The lowest BCUT2D eigenvalue weighted by molar-refractivity contribution is -0.0852. The molecule has 2 fully saturated rings. The minimum atomic E-state index is -3.00. The number of halogens is 3. The lowest BCUT2D eigenvalue weighted by atomic mass is 9.68. The van der Waals surface area contributed by atoms with E-state index in [1.807, 2.05) is 0 Å². The average molecular weight is 336 g/mol. The van der Waals surface area contributed by atoms with Gasteiger partial charge >= 0.3 is 0 Å². The normalized spacial score (nSPS) is 33.4. The first-order valence-corrected chi connectivity index (χ1v) is 9.73. The SMILES string of the molecule is Fc1cccc2c1C(F)(F)C(C1CCC(C3CCCCC3)CC1)C2. The molecule has 0 bridgehead atoms. The highest BCUT2D eigenvalue weighted by atomic mass is 19.3. The molecule has 3 heteroatoms. The molecule has 1 aromatic rings. The van der Waals surface area contributed by atoms with Gasteiger partial charge in [0.2, 0.25) is 0 Å². The third-order valence-corrected chi connectivity index (χ3v) is 7.04. The Morgan fingerprint density at radius 3 is 2.08 bits per heavy atom. The molecule has 1 atom stereocenters. The van der Waals surface area contributed by atoms with Crippen LogP contribution in [-0.2, 0) is 12.3 Å². The van der Waals surface area contributed by atoms with Crippen LogP contribution in [0.2, 0.25) is 0 Å². The van der Waals surface area contributed by atoms with Crippen molar-refractivity contribution < 1.29 is 13.2 Å². The molecule has 4 rings (SSSR count). The van der Waals surface area contributed by atoms with Gasteiger partial charge in [-0.15, -0.1) is 0 Å². The van der Waals surface area contributed by atoms with Crippen molar-refractivity contribution in [1.82, 2.24) is 0 Å². The zero-order valence-electron chi connectivity index (χ0n) is 14.2. The van der Waals surface area contributed by atoms with Crippen LogP contribution in [0, 0.1) is 29.5 Å². The monoisotopic (exact) mass is 336 g/mol. The van der Waals surface area contributed by atoms with E-state index < -0.39 is 17.7 Å². The fraction of sp³-hybridized carbons (Fsp3) is 0.714. The summed E-state index contributed by atoms with van der Waals surface area (Å²) in [5.41, 5.74) is 0.212. The molecule has 132 valence electrons. The van der Waals surface area contributed by atoms with Crippen LogP contribution in [0.1, 0.15) is 68.9 Å². The highest BCUT2D eigenvalue weighted by Crippen LogP contribution is 2.54. The Balaban J connectivity index is 1.44. The van der Waals surface area contributed by atoms with Crippen LogP contribution >= 0.6 is 0 Å². The number of hydrogen-bond donors (Lipinski definition) is 0. The molecular formula is C21H27F3. The molecule has 1 unspecified atom stereocenters. The van der Waals surface area contributed by atoms with Gasteiger partial charge < -0.3 is 0 Å². The molecule has 0 N–H and O–H groups in total. The van der Waals surface area contributed by atoms with Crippen molar-refractivity contribution in [2.24, 2.45) is 23.7 Å². The van der Waals surface area contributed by atoms with Crippen LogP contribution in [-0.4, -0.2) is 0 Å². The molecule has 3 aliphatic rings. The molecule has 0 aromatic heterocycles. The minimum absolute atomic E-state index is 0.0478. The van der Waals surface area contributed by atoms with E-state index in [9.17, 15) is 13.2 Å². The van der Waals surface area contributed by atoms with E-state index >= 15 is 0 Å². The zero-order chi connectivity index (χ0) is 16.7. The maximum absolute atomic E-state index is 14.9. The standard InChI is InChI=1S/C21H27F3/c22-19-8-4-7-17-13-18(21(23,24)20(17)19)16-11-9-15(10-12-16)14-5-2-1-3-6-14/h4,7-8,14-16,18H,1-3,5-6,9-13H2. The summed E-state index contributed by atoms with van der Waals surface area (Å²) in [5.74, 6) is -2.79. The van der Waals surface area contributed by atoms with E-state index in [-0.39, 0.29) is 11.5 Å². The lowest BCUT2D eigenvalue weighted by Gasteiger charge is -2.39. The third-order valence-electron chi connectivity index (χ3n) is 7.04. The molecule has 0 amide bonds. The van der Waals surface area contributed by atoms with Gasteiger partial charge in [0.05, 0.1) is 5.56 Å². The Hall–Kier alpha value is -0.990. The van der Waals surface area contributed by atoms with Crippen molar-refractivity contribution in [2.45, 2.75) is 70.1 Å². The highest BCUT2D eigenvalue weighted by molar-refractivity contribution is 5.38. The van der Waals surface area contributed by atoms with Crippen molar-refractivity contribution in [2.75, 3.05) is 0 Å².